The Kier molecular flexibility index (Phi) is 4.89. The number of amides is 2. The fourth-order valence-electron chi connectivity index (χ4n) is 3.28. The number of nitrogens with zero attached hydrogens (tertiary/aromatic N) is 1. The summed E-state index contributed by atoms with van der Waals surface area (Å²) in [5, 5.41) is 11.9. The van der Waals surface area contributed by atoms with Gasteiger partial charge in [0, 0.05) is 25.6 Å². The van der Waals surface area contributed by atoms with Crippen molar-refractivity contribution in [3.05, 3.63) is 0 Å². The number of aliphatic carboxylic acids is 1. The van der Waals surface area contributed by atoms with Gasteiger partial charge in [-0.1, -0.05) is 26.7 Å². The Labute approximate surface area is 120 Å². The van der Waals surface area contributed by atoms with Crippen LogP contribution >= 0.6 is 0 Å². The molecule has 0 aromatic rings. The molecular weight excluding hydrogens is 256 g/mol. The highest BCUT2D eigenvalue weighted by molar-refractivity contribution is 5.76. The van der Waals surface area contributed by atoms with Gasteiger partial charge in [-0.05, 0) is 24.7 Å². The normalized spacial score (nSPS) is 28.6. The van der Waals surface area contributed by atoms with Crippen LogP contribution in [0.5, 0.6) is 0 Å². The summed E-state index contributed by atoms with van der Waals surface area (Å²) < 4.78 is 0. The van der Waals surface area contributed by atoms with Gasteiger partial charge in [-0.15, -0.1) is 0 Å². The van der Waals surface area contributed by atoms with E-state index < -0.39 is 5.97 Å². The van der Waals surface area contributed by atoms with Crippen LogP contribution in [0, 0.1) is 23.7 Å². The lowest BCUT2D eigenvalue weighted by Gasteiger charge is -2.41. The fourth-order valence-corrected chi connectivity index (χ4v) is 3.28. The molecule has 3 unspecified atom stereocenters. The van der Waals surface area contributed by atoms with Crippen LogP contribution in [-0.2, 0) is 4.79 Å². The smallest absolute Gasteiger partial charge is 0.317 e. The number of hydrogen-bond donors (Lipinski definition) is 2. The van der Waals surface area contributed by atoms with E-state index in [1.165, 1.54) is 25.7 Å². The second-order valence-corrected chi connectivity index (χ2v) is 6.62. The third kappa shape index (κ3) is 3.64. The molecule has 0 radical (unpaired) electrons. The van der Waals surface area contributed by atoms with Crippen molar-refractivity contribution in [1.29, 1.82) is 0 Å². The topological polar surface area (TPSA) is 69.6 Å². The predicted molar refractivity (Wildman–Crippen MR) is 76.4 cm³/mol. The van der Waals surface area contributed by atoms with Gasteiger partial charge in [-0.3, -0.25) is 4.79 Å². The van der Waals surface area contributed by atoms with Crippen molar-refractivity contribution in [2.24, 2.45) is 23.7 Å². The van der Waals surface area contributed by atoms with Gasteiger partial charge in [-0.2, -0.15) is 0 Å². The molecule has 5 nitrogen and oxygen atoms in total. The summed E-state index contributed by atoms with van der Waals surface area (Å²) in [4.78, 5) is 24.5. The molecule has 2 N–H and O–H groups in total. The minimum atomic E-state index is -0.772. The maximum Gasteiger partial charge on any atom is 0.317 e. The van der Waals surface area contributed by atoms with E-state index in [1.54, 1.807) is 11.8 Å². The zero-order chi connectivity index (χ0) is 14.7. The second kappa shape index (κ2) is 6.46. The van der Waals surface area contributed by atoms with E-state index >= 15 is 0 Å². The van der Waals surface area contributed by atoms with Gasteiger partial charge in [-0.25, -0.2) is 4.79 Å². The number of carboxylic acid groups (broad SMARTS) is 1. The summed E-state index contributed by atoms with van der Waals surface area (Å²) in [6, 6.07) is -0.0305. The fraction of sp³-hybridized carbons (Fsp3) is 0.867. The van der Waals surface area contributed by atoms with Crippen molar-refractivity contribution >= 4 is 12.0 Å². The third-order valence-corrected chi connectivity index (χ3v) is 4.88. The largest absolute Gasteiger partial charge is 0.481 e. The van der Waals surface area contributed by atoms with E-state index in [-0.39, 0.29) is 17.9 Å². The molecule has 0 aromatic carbocycles. The van der Waals surface area contributed by atoms with Crippen LogP contribution in [0.4, 0.5) is 4.79 Å². The molecule has 1 heterocycles. The summed E-state index contributed by atoms with van der Waals surface area (Å²) in [6.07, 6.45) is 5.00. The predicted octanol–water partition coefficient (Wildman–Crippen LogP) is 2.17. The van der Waals surface area contributed by atoms with E-state index in [2.05, 4.69) is 12.2 Å². The Morgan fingerprint density at radius 2 is 2.05 bits per heavy atom. The molecule has 1 aliphatic carbocycles. The number of carboxylic acids is 1. The molecular formula is C15H26N2O3. The molecule has 5 heteroatoms. The first kappa shape index (κ1) is 15.1. The Hall–Kier alpha value is -1.26. The number of nitrogens with one attached hydrogen (secondary N) is 1. The first-order valence-corrected chi connectivity index (χ1v) is 7.73. The molecule has 20 heavy (non-hydrogen) atoms. The van der Waals surface area contributed by atoms with Gasteiger partial charge >= 0.3 is 12.0 Å². The molecule has 114 valence electrons. The van der Waals surface area contributed by atoms with Crippen molar-refractivity contribution in [2.75, 3.05) is 19.6 Å². The number of urea groups is 1. The molecule has 0 spiro atoms. The van der Waals surface area contributed by atoms with Crippen LogP contribution in [-0.4, -0.2) is 41.6 Å². The summed E-state index contributed by atoms with van der Waals surface area (Å²) in [5.74, 6) is 0.352. The van der Waals surface area contributed by atoms with E-state index in [0.29, 0.717) is 19.0 Å². The molecule has 0 bridgehead atoms. The van der Waals surface area contributed by atoms with Gasteiger partial charge in [0.1, 0.15) is 0 Å². The maximum atomic E-state index is 12.0. The van der Waals surface area contributed by atoms with E-state index in [0.717, 1.165) is 12.5 Å². The van der Waals surface area contributed by atoms with Crippen molar-refractivity contribution in [3.63, 3.8) is 0 Å². The van der Waals surface area contributed by atoms with Crippen molar-refractivity contribution in [2.45, 2.75) is 39.5 Å². The van der Waals surface area contributed by atoms with Crippen LogP contribution in [0.25, 0.3) is 0 Å². The van der Waals surface area contributed by atoms with Gasteiger partial charge in [0.2, 0.25) is 0 Å². The Morgan fingerprint density at radius 3 is 2.65 bits per heavy atom. The first-order chi connectivity index (χ1) is 9.47. The van der Waals surface area contributed by atoms with Crippen LogP contribution in [0.2, 0.25) is 0 Å². The van der Waals surface area contributed by atoms with Crippen LogP contribution < -0.4 is 5.32 Å². The average molecular weight is 282 g/mol. The Bertz CT molecular complexity index is 366. The van der Waals surface area contributed by atoms with Gasteiger partial charge in [0.25, 0.3) is 0 Å². The zero-order valence-electron chi connectivity index (χ0n) is 12.5. The number of rotatable bonds is 4. The highest BCUT2D eigenvalue weighted by Gasteiger charge is 2.37. The molecule has 2 amide bonds. The van der Waals surface area contributed by atoms with Gasteiger partial charge in [0.05, 0.1) is 5.92 Å². The summed E-state index contributed by atoms with van der Waals surface area (Å²) in [5.41, 5.74) is 0. The van der Waals surface area contributed by atoms with Crippen molar-refractivity contribution in [1.82, 2.24) is 10.2 Å². The van der Waals surface area contributed by atoms with Crippen molar-refractivity contribution < 1.29 is 14.7 Å². The lowest BCUT2D eigenvalue weighted by Crippen LogP contribution is -2.56. The second-order valence-electron chi connectivity index (χ2n) is 6.62. The molecule has 2 fully saturated rings. The quantitative estimate of drug-likeness (QED) is 0.830. The molecule has 0 aromatic heterocycles. The molecule has 2 aliphatic rings. The number of hydrogen-bond acceptors (Lipinski definition) is 2. The van der Waals surface area contributed by atoms with Crippen LogP contribution in [0.15, 0.2) is 0 Å². The molecule has 1 saturated carbocycles. The van der Waals surface area contributed by atoms with Gasteiger partial charge in [0.15, 0.2) is 0 Å². The molecule has 3 atom stereocenters. The average Bonchev–Trinajstić information content (AvgIpc) is 2.34. The minimum Gasteiger partial charge on any atom is -0.481 e. The van der Waals surface area contributed by atoms with E-state index in [9.17, 15) is 9.59 Å². The summed E-state index contributed by atoms with van der Waals surface area (Å²) in [6.45, 7) is 5.90. The SMILES string of the molecule is CC1CCCC(CNC(=O)N2CC(C(C)C(=O)O)C2)C1. The lowest BCUT2D eigenvalue weighted by molar-refractivity contribution is -0.144. The summed E-state index contributed by atoms with van der Waals surface area (Å²) >= 11 is 0. The molecule has 1 aliphatic heterocycles. The lowest BCUT2D eigenvalue weighted by atomic mass is 9.82. The highest BCUT2D eigenvalue weighted by atomic mass is 16.4. The van der Waals surface area contributed by atoms with E-state index in [1.807, 2.05) is 0 Å². The Balaban J connectivity index is 1.66. The molecule has 1 saturated heterocycles. The maximum absolute atomic E-state index is 12.0. The summed E-state index contributed by atoms with van der Waals surface area (Å²) in [7, 11) is 0. The first-order valence-electron chi connectivity index (χ1n) is 7.73. The monoisotopic (exact) mass is 282 g/mol. The van der Waals surface area contributed by atoms with Crippen LogP contribution in [0.3, 0.4) is 0 Å². The minimum absolute atomic E-state index is 0.0305. The number of carbonyl (C=O) groups is 2. The van der Waals surface area contributed by atoms with E-state index in [4.69, 9.17) is 5.11 Å². The van der Waals surface area contributed by atoms with Crippen molar-refractivity contribution in [3.8, 4) is 0 Å². The van der Waals surface area contributed by atoms with Crippen LogP contribution in [0.1, 0.15) is 39.5 Å². The number of likely N-dealkylation sites (tertiary alicyclic amines) is 1. The molecule has 2 rings (SSSR count). The number of carbonyl (C=O) groups excluding carboxylic acids is 1. The Morgan fingerprint density at radius 1 is 1.35 bits per heavy atom. The highest BCUT2D eigenvalue weighted by Crippen LogP contribution is 2.28. The zero-order valence-corrected chi connectivity index (χ0v) is 12.5. The third-order valence-electron chi connectivity index (χ3n) is 4.88. The standard InChI is InChI=1S/C15H26N2O3/c1-10-4-3-5-12(6-10)7-16-15(20)17-8-13(9-17)11(2)14(18)19/h10-13H,3-9H2,1-2H3,(H,16,20)(H,18,19). The van der Waals surface area contributed by atoms with Gasteiger partial charge < -0.3 is 15.3 Å².